The zero-order valence-electron chi connectivity index (χ0n) is 14.3. The molecule has 2 atom stereocenters. The number of carbonyl (C=O) groups is 1. The first-order chi connectivity index (χ1) is 11.6. The molecule has 1 aliphatic rings. The number of amides is 1. The van der Waals surface area contributed by atoms with Gasteiger partial charge in [0.25, 0.3) is 0 Å². The van der Waals surface area contributed by atoms with Crippen LogP contribution in [0.25, 0.3) is 10.8 Å². The minimum absolute atomic E-state index is 0.0354. The van der Waals surface area contributed by atoms with Crippen molar-refractivity contribution < 1.29 is 14.6 Å². The first kappa shape index (κ1) is 16.8. The molecule has 0 saturated heterocycles. The van der Waals surface area contributed by atoms with E-state index in [1.807, 2.05) is 37.3 Å². The minimum atomic E-state index is -0.212. The van der Waals surface area contributed by atoms with Crippen LogP contribution < -0.4 is 10.1 Å². The number of hydrogen-bond acceptors (Lipinski definition) is 3. The smallest absolute Gasteiger partial charge is 0.227 e. The summed E-state index contributed by atoms with van der Waals surface area (Å²) in [6.07, 6.45) is 2.94. The summed E-state index contributed by atoms with van der Waals surface area (Å²) in [5.41, 5.74) is 1.00. The lowest BCUT2D eigenvalue weighted by molar-refractivity contribution is -0.123. The highest BCUT2D eigenvalue weighted by molar-refractivity contribution is 5.88. The molecule has 1 unspecified atom stereocenters. The summed E-state index contributed by atoms with van der Waals surface area (Å²) in [5, 5.41) is 14.5. The molecular weight excluding hydrogens is 302 g/mol. The van der Waals surface area contributed by atoms with E-state index in [1.165, 1.54) is 0 Å². The Labute approximate surface area is 142 Å². The highest BCUT2D eigenvalue weighted by Gasteiger charge is 2.32. The summed E-state index contributed by atoms with van der Waals surface area (Å²) in [5.74, 6) is 1.19. The number of carbonyl (C=O) groups excluding carboxylic acids is 1. The topological polar surface area (TPSA) is 58.6 Å². The van der Waals surface area contributed by atoms with Crippen molar-refractivity contribution in [3.05, 3.63) is 42.0 Å². The molecule has 128 valence electrons. The molecule has 1 fully saturated rings. The number of benzene rings is 2. The molecule has 4 heteroatoms. The number of aliphatic hydroxyl groups excluding tert-OH is 1. The van der Waals surface area contributed by atoms with Crippen LogP contribution in [0.2, 0.25) is 0 Å². The largest absolute Gasteiger partial charge is 0.497 e. The lowest BCUT2D eigenvalue weighted by Gasteiger charge is -2.20. The molecule has 1 amide bonds. The second kappa shape index (κ2) is 7.22. The highest BCUT2D eigenvalue weighted by Crippen LogP contribution is 2.34. The van der Waals surface area contributed by atoms with Crippen LogP contribution in [0.3, 0.4) is 0 Å². The first-order valence-corrected chi connectivity index (χ1v) is 8.61. The Morgan fingerprint density at radius 2 is 1.96 bits per heavy atom. The second-order valence-electron chi connectivity index (χ2n) is 6.66. The Balaban J connectivity index is 1.74. The summed E-state index contributed by atoms with van der Waals surface area (Å²) in [6, 6.07) is 12.1. The van der Waals surface area contributed by atoms with Crippen molar-refractivity contribution in [2.45, 2.75) is 38.1 Å². The monoisotopic (exact) mass is 327 g/mol. The predicted octanol–water partition coefficient (Wildman–Crippen LogP) is 3.23. The molecule has 2 N–H and O–H groups in total. The Morgan fingerprint density at radius 1 is 1.25 bits per heavy atom. The fourth-order valence-corrected chi connectivity index (χ4v) is 3.16. The predicted molar refractivity (Wildman–Crippen MR) is 95.3 cm³/mol. The van der Waals surface area contributed by atoms with Crippen LogP contribution in [0, 0.1) is 5.92 Å². The maximum Gasteiger partial charge on any atom is 0.227 e. The summed E-state index contributed by atoms with van der Waals surface area (Å²) in [6.45, 7) is 2.05. The summed E-state index contributed by atoms with van der Waals surface area (Å²) >= 11 is 0. The van der Waals surface area contributed by atoms with Crippen LogP contribution in [-0.4, -0.2) is 30.8 Å². The number of nitrogens with one attached hydrogen (secondary N) is 1. The van der Waals surface area contributed by atoms with Gasteiger partial charge in [0.05, 0.1) is 13.0 Å². The summed E-state index contributed by atoms with van der Waals surface area (Å²) in [4.78, 5) is 12.6. The normalized spacial score (nSPS) is 16.6. The van der Waals surface area contributed by atoms with Crippen molar-refractivity contribution in [2.75, 3.05) is 13.7 Å². The molecule has 1 saturated carbocycles. The van der Waals surface area contributed by atoms with Gasteiger partial charge in [0, 0.05) is 12.6 Å². The van der Waals surface area contributed by atoms with Crippen molar-refractivity contribution in [3.8, 4) is 5.75 Å². The minimum Gasteiger partial charge on any atom is -0.497 e. The molecule has 4 nitrogen and oxygen atoms in total. The van der Waals surface area contributed by atoms with E-state index in [0.717, 1.165) is 34.9 Å². The first-order valence-electron chi connectivity index (χ1n) is 8.61. The van der Waals surface area contributed by atoms with Gasteiger partial charge in [-0.25, -0.2) is 0 Å². The molecule has 0 heterocycles. The van der Waals surface area contributed by atoms with Gasteiger partial charge in [0.15, 0.2) is 0 Å². The molecule has 0 aliphatic heterocycles. The van der Waals surface area contributed by atoms with Crippen LogP contribution >= 0.6 is 0 Å². The average molecular weight is 327 g/mol. The zero-order valence-corrected chi connectivity index (χ0v) is 14.3. The SMILES string of the molecule is COc1ccc2cc([C@H](C)C(=O)NC(CCO)C3CC3)ccc2c1. The van der Waals surface area contributed by atoms with E-state index in [0.29, 0.717) is 12.3 Å². The van der Waals surface area contributed by atoms with Gasteiger partial charge in [-0.05, 0) is 60.6 Å². The van der Waals surface area contributed by atoms with Crippen molar-refractivity contribution >= 4 is 16.7 Å². The number of hydrogen-bond donors (Lipinski definition) is 2. The number of aliphatic hydroxyl groups is 1. The molecule has 0 spiro atoms. The number of rotatable bonds is 7. The van der Waals surface area contributed by atoms with E-state index >= 15 is 0 Å². The summed E-state index contributed by atoms with van der Waals surface area (Å²) < 4.78 is 5.25. The van der Waals surface area contributed by atoms with Gasteiger partial charge < -0.3 is 15.2 Å². The van der Waals surface area contributed by atoms with Gasteiger partial charge in [-0.1, -0.05) is 24.3 Å². The fraction of sp³-hybridized carbons (Fsp3) is 0.450. The van der Waals surface area contributed by atoms with Gasteiger partial charge in [-0.15, -0.1) is 0 Å². The highest BCUT2D eigenvalue weighted by atomic mass is 16.5. The Hall–Kier alpha value is -2.07. The average Bonchev–Trinajstić information content (AvgIpc) is 3.44. The quantitative estimate of drug-likeness (QED) is 0.821. The molecule has 0 aromatic heterocycles. The molecule has 2 aromatic rings. The molecule has 0 bridgehead atoms. The Kier molecular flexibility index (Phi) is 5.05. The third-order valence-electron chi connectivity index (χ3n) is 4.92. The molecule has 1 aliphatic carbocycles. The zero-order chi connectivity index (χ0) is 17.1. The fourth-order valence-electron chi connectivity index (χ4n) is 3.16. The summed E-state index contributed by atoms with van der Waals surface area (Å²) in [7, 11) is 1.66. The maximum atomic E-state index is 12.6. The van der Waals surface area contributed by atoms with Gasteiger partial charge in [0.1, 0.15) is 5.75 Å². The van der Waals surface area contributed by atoms with Crippen LogP contribution in [0.15, 0.2) is 36.4 Å². The van der Waals surface area contributed by atoms with E-state index in [4.69, 9.17) is 4.74 Å². The molecule has 3 rings (SSSR count). The lowest BCUT2D eigenvalue weighted by Crippen LogP contribution is -2.39. The van der Waals surface area contributed by atoms with Crippen molar-refractivity contribution in [3.63, 3.8) is 0 Å². The van der Waals surface area contributed by atoms with Gasteiger partial charge in [0.2, 0.25) is 5.91 Å². The molecule has 2 aromatic carbocycles. The lowest BCUT2D eigenvalue weighted by atomic mass is 9.96. The van der Waals surface area contributed by atoms with Crippen LogP contribution in [0.1, 0.15) is 37.7 Å². The van der Waals surface area contributed by atoms with Gasteiger partial charge >= 0.3 is 0 Å². The van der Waals surface area contributed by atoms with E-state index in [2.05, 4.69) is 11.4 Å². The van der Waals surface area contributed by atoms with Crippen molar-refractivity contribution in [2.24, 2.45) is 5.92 Å². The van der Waals surface area contributed by atoms with E-state index in [9.17, 15) is 9.90 Å². The molecule has 24 heavy (non-hydrogen) atoms. The van der Waals surface area contributed by atoms with Crippen molar-refractivity contribution in [1.82, 2.24) is 5.32 Å². The Morgan fingerprint density at radius 3 is 2.62 bits per heavy atom. The third kappa shape index (κ3) is 3.70. The van der Waals surface area contributed by atoms with Crippen LogP contribution in [-0.2, 0) is 4.79 Å². The standard InChI is InChI=1S/C20H25NO3/c1-13(20(23)21-19(9-10-22)14-3-4-14)15-5-6-17-12-18(24-2)8-7-16(17)11-15/h5-8,11-14,19,22H,3-4,9-10H2,1-2H3,(H,21,23)/t13-,19?/m0/s1. The van der Waals surface area contributed by atoms with E-state index < -0.39 is 0 Å². The van der Waals surface area contributed by atoms with Gasteiger partial charge in [-0.3, -0.25) is 4.79 Å². The third-order valence-corrected chi connectivity index (χ3v) is 4.92. The van der Waals surface area contributed by atoms with Crippen LogP contribution in [0.5, 0.6) is 5.75 Å². The van der Waals surface area contributed by atoms with Crippen molar-refractivity contribution in [1.29, 1.82) is 0 Å². The van der Waals surface area contributed by atoms with Gasteiger partial charge in [-0.2, -0.15) is 0 Å². The molecule has 0 radical (unpaired) electrons. The maximum absolute atomic E-state index is 12.6. The second-order valence-corrected chi connectivity index (χ2v) is 6.66. The number of ether oxygens (including phenoxy) is 1. The Bertz CT molecular complexity index is 724. The number of fused-ring (bicyclic) bond motifs is 1. The number of methoxy groups -OCH3 is 1. The van der Waals surface area contributed by atoms with Crippen LogP contribution in [0.4, 0.5) is 0 Å². The van der Waals surface area contributed by atoms with E-state index in [-0.39, 0.29) is 24.5 Å². The molecular formula is C20H25NO3. The van der Waals surface area contributed by atoms with E-state index in [1.54, 1.807) is 7.11 Å².